The van der Waals surface area contributed by atoms with Gasteiger partial charge in [0.25, 0.3) is 0 Å². The summed E-state index contributed by atoms with van der Waals surface area (Å²) in [6.45, 7) is 7.10. The number of hydrogen-bond donors (Lipinski definition) is 0. The van der Waals surface area contributed by atoms with E-state index in [-0.39, 0.29) is 0 Å². The lowest BCUT2D eigenvalue weighted by Gasteiger charge is -2.34. The van der Waals surface area contributed by atoms with Crippen molar-refractivity contribution in [2.75, 3.05) is 47.5 Å². The molecule has 0 saturated carbocycles. The summed E-state index contributed by atoms with van der Waals surface area (Å²) in [5.74, 6) is 1.93. The van der Waals surface area contributed by atoms with Gasteiger partial charge in [-0.3, -0.25) is 9.80 Å². The average molecular weight is 522 g/mol. The normalized spacial score (nSPS) is 15.2. The van der Waals surface area contributed by atoms with E-state index < -0.39 is 11.7 Å². The molecule has 0 bridgehead atoms. The monoisotopic (exact) mass is 521 g/mol. The molecule has 1 aliphatic heterocycles. The highest BCUT2D eigenvalue weighted by molar-refractivity contribution is 7.15. The number of ether oxygens (including phenoxy) is 3. The number of rotatable bonds is 8. The number of alkyl halides is 3. The molecular formula is C26H30F3N3O3S. The number of hydrogen-bond acceptors (Lipinski definition) is 7. The highest BCUT2D eigenvalue weighted by Crippen LogP contribution is 2.40. The van der Waals surface area contributed by atoms with Crippen molar-refractivity contribution in [3.05, 3.63) is 58.1 Å². The van der Waals surface area contributed by atoms with E-state index in [1.165, 1.54) is 12.1 Å². The van der Waals surface area contributed by atoms with Crippen LogP contribution in [0.4, 0.5) is 13.2 Å². The maximum absolute atomic E-state index is 12.9. The van der Waals surface area contributed by atoms with Gasteiger partial charge in [0.1, 0.15) is 5.01 Å². The smallest absolute Gasteiger partial charge is 0.416 e. The minimum Gasteiger partial charge on any atom is -0.493 e. The van der Waals surface area contributed by atoms with E-state index in [0.29, 0.717) is 22.8 Å². The molecule has 0 N–H and O–H groups in total. The van der Waals surface area contributed by atoms with Crippen LogP contribution in [0, 0.1) is 6.92 Å². The summed E-state index contributed by atoms with van der Waals surface area (Å²) in [5.41, 5.74) is 2.02. The fourth-order valence-corrected chi connectivity index (χ4v) is 5.45. The summed E-state index contributed by atoms with van der Waals surface area (Å²) < 4.78 is 55.1. The Labute approximate surface area is 213 Å². The van der Waals surface area contributed by atoms with Crippen LogP contribution in [0.25, 0.3) is 10.6 Å². The number of nitrogens with zero attached hydrogens (tertiary/aromatic N) is 3. The fourth-order valence-electron chi connectivity index (χ4n) is 4.34. The van der Waals surface area contributed by atoms with Gasteiger partial charge in [0, 0.05) is 55.3 Å². The van der Waals surface area contributed by atoms with E-state index in [1.807, 2.05) is 19.1 Å². The van der Waals surface area contributed by atoms with Crippen LogP contribution in [0.5, 0.6) is 17.2 Å². The molecule has 4 rings (SSSR count). The number of piperazine rings is 1. The molecule has 194 valence electrons. The van der Waals surface area contributed by atoms with Crippen molar-refractivity contribution in [2.45, 2.75) is 26.2 Å². The van der Waals surface area contributed by atoms with E-state index in [2.05, 4.69) is 14.8 Å². The van der Waals surface area contributed by atoms with Crippen LogP contribution in [0.15, 0.2) is 36.4 Å². The van der Waals surface area contributed by atoms with Crippen molar-refractivity contribution in [1.29, 1.82) is 0 Å². The van der Waals surface area contributed by atoms with Gasteiger partial charge in [-0.05, 0) is 25.1 Å². The molecule has 36 heavy (non-hydrogen) atoms. The predicted molar refractivity (Wildman–Crippen MR) is 134 cm³/mol. The Morgan fingerprint density at radius 1 is 0.833 bits per heavy atom. The van der Waals surface area contributed by atoms with Crippen LogP contribution in [-0.2, 0) is 19.3 Å². The van der Waals surface area contributed by atoms with Gasteiger partial charge < -0.3 is 14.2 Å². The largest absolute Gasteiger partial charge is 0.493 e. The van der Waals surface area contributed by atoms with E-state index >= 15 is 0 Å². The molecule has 6 nitrogen and oxygen atoms in total. The Hall–Kier alpha value is -2.82. The predicted octanol–water partition coefficient (Wildman–Crippen LogP) is 5.48. The Morgan fingerprint density at radius 2 is 1.44 bits per heavy atom. The van der Waals surface area contributed by atoms with Crippen LogP contribution in [0.1, 0.15) is 21.7 Å². The van der Waals surface area contributed by atoms with Gasteiger partial charge in [0.05, 0.1) is 32.6 Å². The zero-order chi connectivity index (χ0) is 25.9. The third kappa shape index (κ3) is 5.77. The molecule has 0 radical (unpaired) electrons. The first kappa shape index (κ1) is 26.2. The third-order valence-electron chi connectivity index (χ3n) is 6.36. The third-order valence-corrected chi connectivity index (χ3v) is 7.55. The Morgan fingerprint density at radius 3 is 2.00 bits per heavy atom. The molecule has 1 saturated heterocycles. The summed E-state index contributed by atoms with van der Waals surface area (Å²) in [6, 6.07) is 9.11. The summed E-state index contributed by atoms with van der Waals surface area (Å²) in [7, 11) is 4.84. The molecule has 3 aromatic rings. The zero-order valence-corrected chi connectivity index (χ0v) is 21.6. The molecule has 0 atom stereocenters. The minimum absolute atomic E-state index is 0.598. The zero-order valence-electron chi connectivity index (χ0n) is 20.8. The molecule has 0 aliphatic carbocycles. The van der Waals surface area contributed by atoms with Gasteiger partial charge in [-0.1, -0.05) is 18.2 Å². The van der Waals surface area contributed by atoms with Crippen LogP contribution in [-0.4, -0.2) is 62.3 Å². The van der Waals surface area contributed by atoms with Crippen molar-refractivity contribution in [3.63, 3.8) is 0 Å². The molecule has 0 spiro atoms. The van der Waals surface area contributed by atoms with Gasteiger partial charge in [0.2, 0.25) is 5.75 Å². The van der Waals surface area contributed by atoms with Gasteiger partial charge in [-0.15, -0.1) is 11.3 Å². The maximum atomic E-state index is 12.9. The number of thiazole rings is 1. The van der Waals surface area contributed by atoms with E-state index in [9.17, 15) is 13.2 Å². The lowest BCUT2D eigenvalue weighted by molar-refractivity contribution is -0.137. The first-order valence-corrected chi connectivity index (χ1v) is 12.4. The lowest BCUT2D eigenvalue weighted by atomic mass is 10.1. The maximum Gasteiger partial charge on any atom is 0.416 e. The molecular weight excluding hydrogens is 491 g/mol. The first-order valence-electron chi connectivity index (χ1n) is 11.6. The van der Waals surface area contributed by atoms with Gasteiger partial charge in [-0.25, -0.2) is 4.98 Å². The Kier molecular flexibility index (Phi) is 8.07. The van der Waals surface area contributed by atoms with E-state index in [4.69, 9.17) is 14.2 Å². The lowest BCUT2D eigenvalue weighted by Crippen LogP contribution is -2.45. The van der Waals surface area contributed by atoms with Crippen LogP contribution < -0.4 is 14.2 Å². The SMILES string of the molecule is COc1ccc(CN2CCN(Cc3sc(-c4ccc(C(F)(F)F)cc4)nc3C)CC2)c(OC)c1OC. The Balaban J connectivity index is 1.37. The minimum atomic E-state index is -4.34. The van der Waals surface area contributed by atoms with Crippen LogP contribution >= 0.6 is 11.3 Å². The molecule has 2 aromatic carbocycles. The number of methoxy groups -OCH3 is 3. The van der Waals surface area contributed by atoms with Crippen molar-refractivity contribution in [3.8, 4) is 27.8 Å². The molecule has 2 heterocycles. The average Bonchev–Trinajstić information content (AvgIpc) is 3.24. The molecule has 1 aliphatic rings. The van der Waals surface area contributed by atoms with Crippen LogP contribution in [0.3, 0.4) is 0 Å². The second kappa shape index (κ2) is 11.1. The quantitative estimate of drug-likeness (QED) is 0.391. The first-order chi connectivity index (χ1) is 17.2. The molecule has 1 aromatic heterocycles. The van der Waals surface area contributed by atoms with Gasteiger partial charge >= 0.3 is 6.18 Å². The summed E-state index contributed by atoms with van der Waals surface area (Å²) in [5, 5.41) is 0.746. The van der Waals surface area contributed by atoms with E-state index in [1.54, 1.807) is 32.7 Å². The standard InChI is InChI=1S/C26H30F3N3O3S/c1-17-22(36-25(30-17)18-5-8-20(9-6-18)26(27,28)29)16-32-13-11-31(12-14-32)15-19-7-10-21(33-2)24(35-4)23(19)34-3/h5-10H,11-16H2,1-4H3. The number of halogens is 3. The molecule has 0 unspecified atom stereocenters. The fraction of sp³-hybridized carbons (Fsp3) is 0.423. The molecule has 0 amide bonds. The topological polar surface area (TPSA) is 47.1 Å². The summed E-state index contributed by atoms with van der Waals surface area (Å²) in [4.78, 5) is 10.5. The molecule has 1 fully saturated rings. The Bertz CT molecular complexity index is 1170. The second-order valence-electron chi connectivity index (χ2n) is 8.65. The van der Waals surface area contributed by atoms with Crippen molar-refractivity contribution in [1.82, 2.24) is 14.8 Å². The second-order valence-corrected chi connectivity index (χ2v) is 9.73. The summed E-state index contributed by atoms with van der Waals surface area (Å²) >= 11 is 1.55. The van der Waals surface area contributed by atoms with Gasteiger partial charge in [0.15, 0.2) is 11.5 Å². The molecule has 10 heteroatoms. The van der Waals surface area contributed by atoms with Gasteiger partial charge in [-0.2, -0.15) is 13.2 Å². The number of aryl methyl sites for hydroxylation is 1. The van der Waals surface area contributed by atoms with Crippen molar-refractivity contribution >= 4 is 11.3 Å². The van der Waals surface area contributed by atoms with Crippen molar-refractivity contribution < 1.29 is 27.4 Å². The summed E-state index contributed by atoms with van der Waals surface area (Å²) in [6.07, 6.45) is -4.34. The number of aromatic nitrogens is 1. The highest BCUT2D eigenvalue weighted by atomic mass is 32.1. The van der Waals surface area contributed by atoms with E-state index in [0.717, 1.165) is 72.5 Å². The van der Waals surface area contributed by atoms with Crippen LogP contribution in [0.2, 0.25) is 0 Å². The van der Waals surface area contributed by atoms with Crippen molar-refractivity contribution in [2.24, 2.45) is 0 Å². The number of benzene rings is 2. The highest BCUT2D eigenvalue weighted by Gasteiger charge is 2.30.